The van der Waals surface area contributed by atoms with Crippen LogP contribution in [0.1, 0.15) is 21.5 Å². The molecule has 0 radical (unpaired) electrons. The van der Waals surface area contributed by atoms with E-state index in [-0.39, 0.29) is 10.8 Å². The second-order valence-corrected chi connectivity index (χ2v) is 9.60. The lowest BCUT2D eigenvalue weighted by atomic mass is 10.1. The van der Waals surface area contributed by atoms with Crippen LogP contribution in [0, 0.1) is 6.92 Å². The van der Waals surface area contributed by atoms with Gasteiger partial charge in [0.15, 0.2) is 0 Å². The highest BCUT2D eigenvalue weighted by molar-refractivity contribution is 7.89. The Morgan fingerprint density at radius 1 is 1.07 bits per heavy atom. The molecule has 2 aromatic carbocycles. The standard InChI is InChI=1S/C22H29N3O4S/c1-17-5-8-19(15-21(17)30(27,28)25-13-11-23(2)12-14-25)22(26)24(3)16-18-6-9-20(29-4)10-7-18/h5-10,15H,11-14,16H2,1-4H3. The Morgan fingerprint density at radius 3 is 2.30 bits per heavy atom. The third kappa shape index (κ3) is 4.83. The van der Waals surface area contributed by atoms with Crippen molar-refractivity contribution in [2.24, 2.45) is 0 Å². The molecule has 0 N–H and O–H groups in total. The zero-order valence-corrected chi connectivity index (χ0v) is 18.8. The van der Waals surface area contributed by atoms with E-state index in [0.29, 0.717) is 43.9 Å². The summed E-state index contributed by atoms with van der Waals surface area (Å²) < 4.78 is 33.0. The summed E-state index contributed by atoms with van der Waals surface area (Å²) in [5, 5.41) is 0. The van der Waals surface area contributed by atoms with Gasteiger partial charge in [-0.2, -0.15) is 4.31 Å². The SMILES string of the molecule is COc1ccc(CN(C)C(=O)c2ccc(C)c(S(=O)(=O)N3CCN(C)CC3)c2)cc1. The Morgan fingerprint density at radius 2 is 1.70 bits per heavy atom. The first-order chi connectivity index (χ1) is 14.2. The molecule has 2 aromatic rings. The second-order valence-electron chi connectivity index (χ2n) is 7.70. The summed E-state index contributed by atoms with van der Waals surface area (Å²) in [6.45, 7) is 4.47. The van der Waals surface area contributed by atoms with Crippen LogP contribution in [0.5, 0.6) is 5.75 Å². The van der Waals surface area contributed by atoms with E-state index in [2.05, 4.69) is 4.90 Å². The third-order valence-electron chi connectivity index (χ3n) is 5.44. The Hall–Kier alpha value is -2.42. The minimum Gasteiger partial charge on any atom is -0.497 e. The molecule has 1 aliphatic rings. The van der Waals surface area contributed by atoms with Crippen molar-refractivity contribution >= 4 is 15.9 Å². The van der Waals surface area contributed by atoms with Crippen LogP contribution in [0.2, 0.25) is 0 Å². The van der Waals surface area contributed by atoms with Gasteiger partial charge in [-0.15, -0.1) is 0 Å². The van der Waals surface area contributed by atoms with E-state index >= 15 is 0 Å². The fourth-order valence-corrected chi connectivity index (χ4v) is 5.15. The van der Waals surface area contributed by atoms with Crippen LogP contribution in [0.3, 0.4) is 0 Å². The lowest BCUT2D eigenvalue weighted by Crippen LogP contribution is -2.47. The van der Waals surface area contributed by atoms with Gasteiger partial charge < -0.3 is 14.5 Å². The quantitative estimate of drug-likeness (QED) is 0.701. The van der Waals surface area contributed by atoms with Crippen molar-refractivity contribution in [3.05, 3.63) is 59.2 Å². The van der Waals surface area contributed by atoms with Crippen LogP contribution >= 0.6 is 0 Å². The number of carbonyl (C=O) groups is 1. The molecule has 1 aliphatic heterocycles. The molecule has 30 heavy (non-hydrogen) atoms. The van der Waals surface area contributed by atoms with Gasteiger partial charge >= 0.3 is 0 Å². The number of nitrogens with zero attached hydrogens (tertiary/aromatic N) is 3. The number of rotatable bonds is 6. The van der Waals surface area contributed by atoms with Crippen molar-refractivity contribution in [3.8, 4) is 5.75 Å². The number of piperazine rings is 1. The highest BCUT2D eigenvalue weighted by atomic mass is 32.2. The maximum atomic E-state index is 13.2. The lowest BCUT2D eigenvalue weighted by Gasteiger charge is -2.32. The number of carbonyl (C=O) groups excluding carboxylic acids is 1. The van der Waals surface area contributed by atoms with E-state index < -0.39 is 10.0 Å². The number of aryl methyl sites for hydroxylation is 1. The summed E-state index contributed by atoms with van der Waals surface area (Å²) in [6.07, 6.45) is 0. The van der Waals surface area contributed by atoms with Gasteiger partial charge in [-0.25, -0.2) is 8.42 Å². The largest absolute Gasteiger partial charge is 0.497 e. The zero-order valence-electron chi connectivity index (χ0n) is 18.0. The second kappa shape index (κ2) is 9.16. The Bertz CT molecular complexity index is 998. The number of amides is 1. The van der Waals surface area contributed by atoms with Crippen molar-refractivity contribution in [1.29, 1.82) is 0 Å². The van der Waals surface area contributed by atoms with Gasteiger partial charge in [0.1, 0.15) is 5.75 Å². The van der Waals surface area contributed by atoms with Gasteiger partial charge in [0.2, 0.25) is 10.0 Å². The number of hydrogen-bond donors (Lipinski definition) is 0. The fraction of sp³-hybridized carbons (Fsp3) is 0.409. The minimum absolute atomic E-state index is 0.204. The summed E-state index contributed by atoms with van der Waals surface area (Å²) in [6, 6.07) is 12.4. The van der Waals surface area contributed by atoms with Gasteiger partial charge in [-0.05, 0) is 49.4 Å². The number of methoxy groups -OCH3 is 1. The molecule has 1 heterocycles. The summed E-state index contributed by atoms with van der Waals surface area (Å²) in [5.41, 5.74) is 1.97. The number of benzene rings is 2. The van der Waals surface area contributed by atoms with Crippen LogP contribution in [0.4, 0.5) is 0 Å². The first-order valence-corrected chi connectivity index (χ1v) is 11.3. The van der Waals surface area contributed by atoms with E-state index in [1.807, 2.05) is 31.3 Å². The molecule has 0 bridgehead atoms. The first-order valence-electron chi connectivity index (χ1n) is 9.90. The highest BCUT2D eigenvalue weighted by Crippen LogP contribution is 2.23. The molecular weight excluding hydrogens is 402 g/mol. The Balaban J connectivity index is 1.80. The minimum atomic E-state index is -3.64. The molecule has 0 atom stereocenters. The molecule has 1 amide bonds. The monoisotopic (exact) mass is 431 g/mol. The third-order valence-corrected chi connectivity index (χ3v) is 7.48. The van der Waals surface area contributed by atoms with Gasteiger partial charge in [0.25, 0.3) is 5.91 Å². The van der Waals surface area contributed by atoms with Gasteiger partial charge in [-0.3, -0.25) is 4.79 Å². The van der Waals surface area contributed by atoms with Crippen molar-refractivity contribution in [1.82, 2.24) is 14.1 Å². The lowest BCUT2D eigenvalue weighted by molar-refractivity contribution is 0.0785. The molecular formula is C22H29N3O4S. The summed E-state index contributed by atoms with van der Waals surface area (Å²) in [7, 11) is 1.65. The molecule has 1 saturated heterocycles. The van der Waals surface area contributed by atoms with E-state index in [1.165, 1.54) is 10.4 Å². The molecule has 1 fully saturated rings. The molecule has 0 saturated carbocycles. The smallest absolute Gasteiger partial charge is 0.253 e. The van der Waals surface area contributed by atoms with Gasteiger partial charge in [0, 0.05) is 45.3 Å². The molecule has 0 aromatic heterocycles. The van der Waals surface area contributed by atoms with Gasteiger partial charge in [-0.1, -0.05) is 18.2 Å². The van der Waals surface area contributed by atoms with Crippen molar-refractivity contribution in [3.63, 3.8) is 0 Å². The van der Waals surface area contributed by atoms with Gasteiger partial charge in [0.05, 0.1) is 12.0 Å². The predicted octanol–water partition coefficient (Wildman–Crippen LogP) is 2.21. The summed E-state index contributed by atoms with van der Waals surface area (Å²) >= 11 is 0. The van der Waals surface area contributed by atoms with Crippen LogP contribution in [-0.2, 0) is 16.6 Å². The molecule has 0 aliphatic carbocycles. The number of ether oxygens (including phenoxy) is 1. The molecule has 8 heteroatoms. The van der Waals surface area contributed by atoms with Crippen LogP contribution < -0.4 is 4.74 Å². The molecule has 3 rings (SSSR count). The highest BCUT2D eigenvalue weighted by Gasteiger charge is 2.29. The number of sulfonamides is 1. The van der Waals surface area contributed by atoms with Crippen molar-refractivity contribution in [2.45, 2.75) is 18.4 Å². The van der Waals surface area contributed by atoms with Crippen molar-refractivity contribution < 1.29 is 17.9 Å². The first kappa shape index (κ1) is 22.3. The average Bonchev–Trinajstić information content (AvgIpc) is 2.74. The molecule has 7 nitrogen and oxygen atoms in total. The average molecular weight is 432 g/mol. The van der Waals surface area contributed by atoms with E-state index in [9.17, 15) is 13.2 Å². The Kier molecular flexibility index (Phi) is 6.80. The molecule has 0 spiro atoms. The summed E-state index contributed by atoms with van der Waals surface area (Å²) in [5.74, 6) is 0.533. The zero-order chi connectivity index (χ0) is 21.9. The summed E-state index contributed by atoms with van der Waals surface area (Å²) in [4.78, 5) is 16.9. The maximum Gasteiger partial charge on any atom is 0.253 e. The molecule has 162 valence electrons. The van der Waals surface area contributed by atoms with Crippen LogP contribution in [0.15, 0.2) is 47.4 Å². The predicted molar refractivity (Wildman–Crippen MR) is 116 cm³/mol. The normalized spacial score (nSPS) is 15.7. The topological polar surface area (TPSA) is 70.2 Å². The number of hydrogen-bond acceptors (Lipinski definition) is 5. The molecule has 0 unspecified atom stereocenters. The van der Waals surface area contributed by atoms with Crippen LogP contribution in [-0.4, -0.2) is 75.8 Å². The fourth-order valence-electron chi connectivity index (χ4n) is 3.48. The van der Waals surface area contributed by atoms with E-state index in [0.717, 1.165) is 11.3 Å². The maximum absolute atomic E-state index is 13.2. The van der Waals surface area contributed by atoms with E-state index in [4.69, 9.17) is 4.74 Å². The van der Waals surface area contributed by atoms with Crippen LogP contribution in [0.25, 0.3) is 0 Å². The van der Waals surface area contributed by atoms with E-state index in [1.54, 1.807) is 38.1 Å². The van der Waals surface area contributed by atoms with Crippen molar-refractivity contribution in [2.75, 3.05) is 47.4 Å². The number of likely N-dealkylation sites (N-methyl/N-ethyl adjacent to an activating group) is 1. The Labute approximate surface area is 178 Å².